The van der Waals surface area contributed by atoms with Crippen molar-refractivity contribution in [3.8, 4) is 0 Å². The van der Waals surface area contributed by atoms with E-state index in [4.69, 9.17) is 10.5 Å². The van der Waals surface area contributed by atoms with Gasteiger partial charge in [-0.15, -0.1) is 0 Å². The van der Waals surface area contributed by atoms with Gasteiger partial charge in [-0.1, -0.05) is 6.92 Å². The van der Waals surface area contributed by atoms with Crippen LogP contribution in [-0.2, 0) is 19.6 Å². The molecule has 0 aliphatic rings. The summed E-state index contributed by atoms with van der Waals surface area (Å²) < 4.78 is 30.8. The van der Waals surface area contributed by atoms with Crippen molar-refractivity contribution in [1.82, 2.24) is 9.29 Å². The SMILES string of the molecule is CCCN(CC(=O)OCC)S(=O)(=O)c1cccnc1N. The van der Waals surface area contributed by atoms with E-state index in [1.54, 1.807) is 6.92 Å². The Morgan fingerprint density at radius 1 is 1.45 bits per heavy atom. The molecule has 0 aromatic carbocycles. The lowest BCUT2D eigenvalue weighted by Crippen LogP contribution is -2.37. The van der Waals surface area contributed by atoms with Gasteiger partial charge in [-0.25, -0.2) is 13.4 Å². The summed E-state index contributed by atoms with van der Waals surface area (Å²) >= 11 is 0. The maximum Gasteiger partial charge on any atom is 0.321 e. The van der Waals surface area contributed by atoms with Crippen molar-refractivity contribution in [2.45, 2.75) is 25.2 Å². The summed E-state index contributed by atoms with van der Waals surface area (Å²) in [7, 11) is -3.86. The maximum absolute atomic E-state index is 12.5. The molecule has 0 saturated carbocycles. The number of sulfonamides is 1. The highest BCUT2D eigenvalue weighted by Crippen LogP contribution is 2.20. The molecule has 0 atom stereocenters. The first kappa shape index (κ1) is 16.4. The molecule has 2 N–H and O–H groups in total. The molecular weight excluding hydrogens is 282 g/mol. The van der Waals surface area contributed by atoms with E-state index in [-0.39, 0.29) is 30.4 Å². The highest BCUT2D eigenvalue weighted by Gasteiger charge is 2.28. The van der Waals surface area contributed by atoms with Crippen LogP contribution in [0.4, 0.5) is 5.82 Å². The van der Waals surface area contributed by atoms with Gasteiger partial charge in [-0.05, 0) is 25.5 Å². The van der Waals surface area contributed by atoms with E-state index in [0.29, 0.717) is 6.42 Å². The molecule has 1 aromatic heterocycles. The smallest absolute Gasteiger partial charge is 0.321 e. The fraction of sp³-hybridized carbons (Fsp3) is 0.500. The van der Waals surface area contributed by atoms with Gasteiger partial charge in [0, 0.05) is 12.7 Å². The fourth-order valence-electron chi connectivity index (χ4n) is 1.64. The Morgan fingerprint density at radius 2 is 2.15 bits per heavy atom. The first-order chi connectivity index (χ1) is 9.43. The van der Waals surface area contributed by atoms with Crippen molar-refractivity contribution >= 4 is 21.8 Å². The topological polar surface area (TPSA) is 103 Å². The van der Waals surface area contributed by atoms with Crippen LogP contribution in [0.5, 0.6) is 0 Å². The summed E-state index contributed by atoms with van der Waals surface area (Å²) in [5, 5.41) is 0. The zero-order valence-corrected chi connectivity index (χ0v) is 12.4. The number of nitrogens with zero attached hydrogens (tertiary/aromatic N) is 2. The van der Waals surface area contributed by atoms with Crippen LogP contribution in [-0.4, -0.2) is 43.4 Å². The molecule has 0 spiro atoms. The molecule has 7 nitrogen and oxygen atoms in total. The molecule has 112 valence electrons. The van der Waals surface area contributed by atoms with Gasteiger partial charge in [0.05, 0.1) is 6.61 Å². The Labute approximate surface area is 118 Å². The molecule has 0 unspecified atom stereocenters. The third kappa shape index (κ3) is 3.91. The summed E-state index contributed by atoms with van der Waals surface area (Å²) in [6, 6.07) is 2.85. The van der Waals surface area contributed by atoms with Crippen molar-refractivity contribution in [3.05, 3.63) is 18.3 Å². The zero-order valence-electron chi connectivity index (χ0n) is 11.6. The van der Waals surface area contributed by atoms with E-state index in [9.17, 15) is 13.2 Å². The quantitative estimate of drug-likeness (QED) is 0.741. The minimum absolute atomic E-state index is 0.0857. The van der Waals surface area contributed by atoms with Gasteiger partial charge in [-0.3, -0.25) is 4.79 Å². The largest absolute Gasteiger partial charge is 0.465 e. The molecule has 1 heterocycles. The standard InChI is InChI=1S/C12H19N3O4S/c1-3-8-15(9-11(16)19-4-2)20(17,18)10-6-5-7-14-12(10)13/h5-7H,3-4,8-9H2,1-2H3,(H2,13,14). The maximum atomic E-state index is 12.5. The van der Waals surface area contributed by atoms with Crippen LogP contribution < -0.4 is 5.73 Å². The second kappa shape index (κ2) is 7.20. The van der Waals surface area contributed by atoms with Crippen LogP contribution in [0, 0.1) is 0 Å². The van der Waals surface area contributed by atoms with E-state index in [1.807, 2.05) is 6.92 Å². The number of ether oxygens (including phenoxy) is 1. The fourth-order valence-corrected chi connectivity index (χ4v) is 3.19. The van der Waals surface area contributed by atoms with Gasteiger partial charge in [0.25, 0.3) is 0 Å². The number of carbonyl (C=O) groups is 1. The van der Waals surface area contributed by atoms with E-state index >= 15 is 0 Å². The van der Waals surface area contributed by atoms with Gasteiger partial charge in [0.1, 0.15) is 17.3 Å². The minimum atomic E-state index is -3.86. The van der Waals surface area contributed by atoms with Gasteiger partial charge >= 0.3 is 5.97 Å². The number of esters is 1. The van der Waals surface area contributed by atoms with E-state index in [2.05, 4.69) is 4.98 Å². The number of hydrogen-bond acceptors (Lipinski definition) is 6. The van der Waals surface area contributed by atoms with E-state index in [1.165, 1.54) is 18.3 Å². The highest BCUT2D eigenvalue weighted by molar-refractivity contribution is 7.89. The normalized spacial score (nSPS) is 11.6. The number of rotatable bonds is 7. The average Bonchev–Trinajstić information content (AvgIpc) is 2.38. The first-order valence-electron chi connectivity index (χ1n) is 6.29. The minimum Gasteiger partial charge on any atom is -0.465 e. The molecule has 1 aromatic rings. The van der Waals surface area contributed by atoms with Gasteiger partial charge in [0.15, 0.2) is 0 Å². The van der Waals surface area contributed by atoms with Gasteiger partial charge in [0.2, 0.25) is 10.0 Å². The molecule has 0 aliphatic carbocycles. The van der Waals surface area contributed by atoms with Crippen LogP contribution in [0.25, 0.3) is 0 Å². The highest BCUT2D eigenvalue weighted by atomic mass is 32.2. The van der Waals surface area contributed by atoms with Crippen LogP contribution in [0.3, 0.4) is 0 Å². The molecule has 0 aliphatic heterocycles. The van der Waals surface area contributed by atoms with Crippen molar-refractivity contribution < 1.29 is 17.9 Å². The summed E-state index contributed by atoms with van der Waals surface area (Å²) in [4.78, 5) is 15.2. The Bertz CT molecular complexity index is 560. The Kier molecular flexibility index (Phi) is 5.90. The number of nitrogens with two attached hydrogens (primary N) is 1. The molecule has 8 heteroatoms. The van der Waals surface area contributed by atoms with Crippen molar-refractivity contribution in [3.63, 3.8) is 0 Å². The van der Waals surface area contributed by atoms with E-state index in [0.717, 1.165) is 4.31 Å². The molecule has 0 fully saturated rings. The third-order valence-corrected chi connectivity index (χ3v) is 4.39. The Hall–Kier alpha value is -1.67. The van der Waals surface area contributed by atoms with Crippen LogP contribution in [0.1, 0.15) is 20.3 Å². The lowest BCUT2D eigenvalue weighted by Gasteiger charge is -2.21. The molecule has 0 amide bonds. The van der Waals surface area contributed by atoms with E-state index < -0.39 is 16.0 Å². The molecule has 0 bridgehead atoms. The molecule has 20 heavy (non-hydrogen) atoms. The number of nitrogen functional groups attached to an aromatic ring is 1. The third-order valence-electron chi connectivity index (χ3n) is 2.50. The average molecular weight is 301 g/mol. The predicted octanol–water partition coefficient (Wildman–Crippen LogP) is 0.628. The Balaban J connectivity index is 3.06. The number of pyridine rings is 1. The lowest BCUT2D eigenvalue weighted by molar-refractivity contribution is -0.143. The van der Waals surface area contributed by atoms with Crippen LogP contribution >= 0.6 is 0 Å². The van der Waals surface area contributed by atoms with Crippen molar-refractivity contribution in [1.29, 1.82) is 0 Å². The number of aromatic nitrogens is 1. The lowest BCUT2D eigenvalue weighted by atomic mass is 10.5. The zero-order chi connectivity index (χ0) is 15.2. The first-order valence-corrected chi connectivity index (χ1v) is 7.73. The monoisotopic (exact) mass is 301 g/mol. The van der Waals surface area contributed by atoms with Gasteiger partial charge in [-0.2, -0.15) is 4.31 Å². The number of anilines is 1. The summed E-state index contributed by atoms with van der Waals surface area (Å²) in [6.45, 7) is 3.55. The summed E-state index contributed by atoms with van der Waals surface area (Å²) in [6.07, 6.45) is 1.97. The Morgan fingerprint density at radius 3 is 2.70 bits per heavy atom. The van der Waals surface area contributed by atoms with Crippen molar-refractivity contribution in [2.24, 2.45) is 0 Å². The van der Waals surface area contributed by atoms with Crippen molar-refractivity contribution in [2.75, 3.05) is 25.4 Å². The molecule has 0 radical (unpaired) electrons. The second-order valence-corrected chi connectivity index (χ2v) is 5.94. The predicted molar refractivity (Wildman–Crippen MR) is 74.3 cm³/mol. The van der Waals surface area contributed by atoms with Crippen LogP contribution in [0.15, 0.2) is 23.2 Å². The van der Waals surface area contributed by atoms with Crippen LogP contribution in [0.2, 0.25) is 0 Å². The number of hydrogen-bond donors (Lipinski definition) is 1. The van der Waals surface area contributed by atoms with Gasteiger partial charge < -0.3 is 10.5 Å². The molecule has 1 rings (SSSR count). The summed E-state index contributed by atoms with van der Waals surface area (Å²) in [5.41, 5.74) is 5.60. The molecule has 0 saturated heterocycles. The summed E-state index contributed by atoms with van der Waals surface area (Å²) in [5.74, 6) is -0.676. The second-order valence-electron chi connectivity index (χ2n) is 4.03. The molecular formula is C12H19N3O4S. The number of carbonyl (C=O) groups excluding carboxylic acids is 1.